The lowest BCUT2D eigenvalue weighted by molar-refractivity contribution is -0.115. The van der Waals surface area contributed by atoms with Gasteiger partial charge in [0.2, 0.25) is 5.91 Å². The minimum Gasteiger partial charge on any atom is -0.495 e. The Morgan fingerprint density at radius 2 is 2.00 bits per heavy atom. The highest BCUT2D eigenvalue weighted by atomic mass is 32.2. The summed E-state index contributed by atoms with van der Waals surface area (Å²) in [6.07, 6.45) is 3.70. The predicted octanol–water partition coefficient (Wildman–Crippen LogP) is 3.53. The smallest absolute Gasteiger partial charge is 0.262 e. The molecule has 0 aliphatic heterocycles. The number of hydrogen-bond donors (Lipinski definition) is 2. The molecule has 0 fully saturated rings. The quantitative estimate of drug-likeness (QED) is 0.439. The summed E-state index contributed by atoms with van der Waals surface area (Å²) in [6.45, 7) is 0. The average molecular weight is 461 g/mol. The van der Waals surface area contributed by atoms with E-state index in [1.165, 1.54) is 30.6 Å². The first kappa shape index (κ1) is 20.8. The Hall–Kier alpha value is -3.44. The van der Waals surface area contributed by atoms with Crippen molar-refractivity contribution in [1.82, 2.24) is 9.38 Å². The van der Waals surface area contributed by atoms with Crippen molar-refractivity contribution in [2.75, 3.05) is 17.1 Å². The lowest BCUT2D eigenvalue weighted by Crippen LogP contribution is -2.16. The number of thiazole rings is 1. The Bertz CT molecular complexity index is 1320. The Labute approximate surface area is 181 Å². The van der Waals surface area contributed by atoms with Crippen molar-refractivity contribution in [1.29, 1.82) is 0 Å². The first-order valence-corrected chi connectivity index (χ1v) is 11.4. The SMILES string of the molecule is COc1ccc(NC(=O)Cc2cn3ccsc3n2)cc1NS(=O)(=O)c1ccc(F)cc1. The molecule has 0 aliphatic carbocycles. The molecule has 2 heterocycles. The van der Waals surface area contributed by atoms with Crippen molar-refractivity contribution in [3.8, 4) is 5.75 Å². The zero-order valence-electron chi connectivity index (χ0n) is 16.2. The number of amides is 1. The first-order chi connectivity index (χ1) is 14.8. The molecule has 0 radical (unpaired) electrons. The molecular weight excluding hydrogens is 443 g/mol. The van der Waals surface area contributed by atoms with Crippen LogP contribution in [0.5, 0.6) is 5.75 Å². The molecule has 0 spiro atoms. The highest BCUT2D eigenvalue weighted by molar-refractivity contribution is 7.92. The molecule has 4 rings (SSSR count). The number of benzene rings is 2. The van der Waals surface area contributed by atoms with Crippen LogP contribution in [-0.4, -0.2) is 30.8 Å². The third kappa shape index (κ3) is 4.67. The third-order valence-electron chi connectivity index (χ3n) is 4.34. The molecule has 0 atom stereocenters. The number of imidazole rings is 1. The summed E-state index contributed by atoms with van der Waals surface area (Å²) in [5.41, 5.74) is 1.13. The number of rotatable bonds is 7. The number of nitrogens with one attached hydrogen (secondary N) is 2. The van der Waals surface area contributed by atoms with Crippen LogP contribution < -0.4 is 14.8 Å². The number of nitrogens with zero attached hydrogens (tertiary/aromatic N) is 2. The van der Waals surface area contributed by atoms with E-state index in [1.807, 2.05) is 16.0 Å². The van der Waals surface area contributed by atoms with E-state index in [4.69, 9.17) is 4.74 Å². The van der Waals surface area contributed by atoms with Crippen LogP contribution in [0, 0.1) is 5.82 Å². The van der Waals surface area contributed by atoms with Crippen molar-refractivity contribution in [2.45, 2.75) is 11.3 Å². The van der Waals surface area contributed by atoms with Crippen molar-refractivity contribution < 1.29 is 22.3 Å². The number of sulfonamides is 1. The van der Waals surface area contributed by atoms with E-state index < -0.39 is 15.8 Å². The van der Waals surface area contributed by atoms with Crippen molar-refractivity contribution >= 4 is 43.6 Å². The molecule has 0 saturated heterocycles. The maximum Gasteiger partial charge on any atom is 0.262 e. The number of halogens is 1. The van der Waals surface area contributed by atoms with E-state index in [0.717, 1.165) is 29.2 Å². The topological polar surface area (TPSA) is 102 Å². The van der Waals surface area contributed by atoms with Gasteiger partial charge in [0, 0.05) is 23.5 Å². The molecule has 11 heteroatoms. The van der Waals surface area contributed by atoms with Gasteiger partial charge in [0.1, 0.15) is 11.6 Å². The molecular formula is C20H17FN4O4S2. The second kappa shape index (κ2) is 8.36. The lowest BCUT2D eigenvalue weighted by Gasteiger charge is -2.14. The molecule has 8 nitrogen and oxygen atoms in total. The Balaban J connectivity index is 1.51. The zero-order chi connectivity index (χ0) is 22.0. The molecule has 0 unspecified atom stereocenters. The summed E-state index contributed by atoms with van der Waals surface area (Å²) in [6, 6.07) is 9.01. The first-order valence-electron chi connectivity index (χ1n) is 9.01. The maximum atomic E-state index is 13.1. The fraction of sp³-hybridized carbons (Fsp3) is 0.100. The second-order valence-corrected chi connectivity index (χ2v) is 9.08. The molecule has 31 heavy (non-hydrogen) atoms. The molecule has 4 aromatic rings. The van der Waals surface area contributed by atoms with Crippen molar-refractivity contribution in [3.05, 3.63) is 71.7 Å². The molecule has 160 valence electrons. The Kier molecular flexibility index (Phi) is 5.61. The highest BCUT2D eigenvalue weighted by Gasteiger charge is 2.18. The molecule has 2 aromatic carbocycles. The normalized spacial score (nSPS) is 11.4. The van der Waals surface area contributed by atoms with E-state index >= 15 is 0 Å². The molecule has 0 saturated carbocycles. The van der Waals surface area contributed by atoms with E-state index in [9.17, 15) is 17.6 Å². The molecule has 1 amide bonds. The third-order valence-corrected chi connectivity index (χ3v) is 6.49. The molecule has 0 aliphatic rings. The van der Waals surface area contributed by atoms with Crippen LogP contribution in [0.15, 0.2) is 65.1 Å². The summed E-state index contributed by atoms with van der Waals surface area (Å²) in [5, 5.41) is 4.63. The van der Waals surface area contributed by atoms with E-state index in [0.29, 0.717) is 11.4 Å². The van der Waals surface area contributed by atoms with Crippen LogP contribution in [0.2, 0.25) is 0 Å². The van der Waals surface area contributed by atoms with Crippen LogP contribution in [0.4, 0.5) is 15.8 Å². The van der Waals surface area contributed by atoms with Gasteiger partial charge in [0.05, 0.1) is 29.8 Å². The second-order valence-electron chi connectivity index (χ2n) is 6.52. The summed E-state index contributed by atoms with van der Waals surface area (Å²) in [5.74, 6) is -0.583. The molecule has 2 aromatic heterocycles. The summed E-state index contributed by atoms with van der Waals surface area (Å²) >= 11 is 1.47. The Morgan fingerprint density at radius 3 is 2.71 bits per heavy atom. The number of aromatic nitrogens is 2. The van der Waals surface area contributed by atoms with Gasteiger partial charge >= 0.3 is 0 Å². The van der Waals surface area contributed by atoms with Gasteiger partial charge in [-0.15, -0.1) is 11.3 Å². The largest absolute Gasteiger partial charge is 0.495 e. The molecule has 2 N–H and O–H groups in total. The minimum absolute atomic E-state index is 0.0665. The predicted molar refractivity (Wildman–Crippen MR) is 116 cm³/mol. The van der Waals surface area contributed by atoms with Gasteiger partial charge < -0.3 is 10.1 Å². The number of anilines is 2. The lowest BCUT2D eigenvalue weighted by atomic mass is 10.2. The van der Waals surface area contributed by atoms with Gasteiger partial charge in [-0.3, -0.25) is 13.9 Å². The zero-order valence-corrected chi connectivity index (χ0v) is 17.8. The van der Waals surface area contributed by atoms with Crippen LogP contribution in [-0.2, 0) is 21.2 Å². The molecule has 0 bridgehead atoms. The average Bonchev–Trinajstić information content (AvgIpc) is 3.30. The number of carbonyl (C=O) groups is 1. The van der Waals surface area contributed by atoms with Gasteiger partial charge in [-0.1, -0.05) is 0 Å². The van der Waals surface area contributed by atoms with Crippen LogP contribution in [0.1, 0.15) is 5.69 Å². The standard InChI is InChI=1S/C20H17FN4O4S2/c1-29-18-7-4-14(22-19(26)11-15-12-25-8-9-30-20(25)23-15)10-17(18)24-31(27,28)16-5-2-13(21)3-6-16/h2-10,12,24H,11H2,1H3,(H,22,26). The summed E-state index contributed by atoms with van der Waals surface area (Å²) < 4.78 is 47.8. The van der Waals surface area contributed by atoms with Crippen LogP contribution in [0.25, 0.3) is 4.96 Å². The van der Waals surface area contributed by atoms with E-state index in [2.05, 4.69) is 15.0 Å². The van der Waals surface area contributed by atoms with E-state index in [1.54, 1.807) is 12.3 Å². The van der Waals surface area contributed by atoms with Gasteiger partial charge in [0.15, 0.2) is 4.96 Å². The van der Waals surface area contributed by atoms with Crippen LogP contribution in [0.3, 0.4) is 0 Å². The fourth-order valence-electron chi connectivity index (χ4n) is 2.91. The minimum atomic E-state index is -3.99. The van der Waals surface area contributed by atoms with Crippen molar-refractivity contribution in [3.63, 3.8) is 0 Å². The fourth-order valence-corrected chi connectivity index (χ4v) is 4.69. The van der Waals surface area contributed by atoms with Crippen molar-refractivity contribution in [2.24, 2.45) is 0 Å². The maximum absolute atomic E-state index is 13.1. The number of hydrogen-bond acceptors (Lipinski definition) is 6. The number of fused-ring (bicyclic) bond motifs is 1. The number of ether oxygens (including phenoxy) is 1. The summed E-state index contributed by atoms with van der Waals surface area (Å²) in [4.78, 5) is 17.5. The van der Waals surface area contributed by atoms with Crippen LogP contribution >= 0.6 is 11.3 Å². The monoisotopic (exact) mass is 460 g/mol. The van der Waals surface area contributed by atoms with Gasteiger partial charge in [-0.05, 0) is 42.5 Å². The van der Waals surface area contributed by atoms with E-state index in [-0.39, 0.29) is 28.7 Å². The number of carbonyl (C=O) groups excluding carboxylic acids is 1. The van der Waals surface area contributed by atoms with Gasteiger partial charge in [-0.25, -0.2) is 17.8 Å². The highest BCUT2D eigenvalue weighted by Crippen LogP contribution is 2.30. The van der Waals surface area contributed by atoms with Gasteiger partial charge in [-0.2, -0.15) is 0 Å². The Morgan fingerprint density at radius 1 is 1.23 bits per heavy atom. The number of methoxy groups -OCH3 is 1. The van der Waals surface area contributed by atoms with Gasteiger partial charge in [0.25, 0.3) is 10.0 Å². The summed E-state index contributed by atoms with van der Waals surface area (Å²) in [7, 11) is -2.59.